The van der Waals surface area contributed by atoms with Crippen LogP contribution in [0.3, 0.4) is 0 Å². The van der Waals surface area contributed by atoms with Gasteiger partial charge < -0.3 is 14.6 Å². The summed E-state index contributed by atoms with van der Waals surface area (Å²) in [5.74, 6) is 0.0638. The average molecular weight is 377 g/mol. The van der Waals surface area contributed by atoms with Gasteiger partial charge in [0, 0.05) is 18.8 Å². The van der Waals surface area contributed by atoms with Crippen LogP contribution in [-0.2, 0) is 14.3 Å². The quantitative estimate of drug-likeness (QED) is 0.447. The third-order valence-electron chi connectivity index (χ3n) is 9.02. The Bertz CT molecular complexity index is 628. The first kappa shape index (κ1) is 20.6. The lowest BCUT2D eigenvalue weighted by atomic mass is 9.47. The molecule has 0 aromatic rings. The van der Waals surface area contributed by atoms with Crippen LogP contribution in [-0.4, -0.2) is 29.6 Å². The maximum absolute atomic E-state index is 11.6. The number of ether oxygens (including phenoxy) is 1. The number of fused-ring (bicyclic) bond motifs is 1. The highest BCUT2D eigenvalue weighted by molar-refractivity contribution is 5.66. The Labute approximate surface area is 163 Å². The van der Waals surface area contributed by atoms with E-state index in [0.717, 1.165) is 51.2 Å². The second-order valence-electron chi connectivity index (χ2n) is 10.1. The molecule has 3 rings (SSSR count). The number of aliphatic hydroxyl groups excluding tert-OH is 1. The van der Waals surface area contributed by atoms with Crippen LogP contribution in [0.2, 0.25) is 0 Å². The largest absolute Gasteiger partial charge is 0.463 e. The summed E-state index contributed by atoms with van der Waals surface area (Å²) >= 11 is 0. The summed E-state index contributed by atoms with van der Waals surface area (Å²) < 4.78 is 5.47. The van der Waals surface area contributed by atoms with Crippen LogP contribution in [0.4, 0.5) is 0 Å². The Kier molecular flexibility index (Phi) is 5.35. The number of aliphatic hydroxyl groups is 1. The smallest absolute Gasteiger partial charge is 0.302 e. The van der Waals surface area contributed by atoms with Gasteiger partial charge in [0.1, 0.15) is 12.4 Å². The van der Waals surface area contributed by atoms with E-state index in [4.69, 9.17) is 4.74 Å². The van der Waals surface area contributed by atoms with Gasteiger partial charge in [-0.15, -0.1) is 0 Å². The molecule has 27 heavy (non-hydrogen) atoms. The van der Waals surface area contributed by atoms with E-state index in [1.54, 1.807) is 0 Å². The predicted molar refractivity (Wildman–Crippen MR) is 105 cm³/mol. The van der Waals surface area contributed by atoms with Crippen molar-refractivity contribution in [1.82, 2.24) is 0 Å². The second kappa shape index (κ2) is 7.02. The van der Waals surface area contributed by atoms with Gasteiger partial charge in [-0.05, 0) is 67.6 Å². The first-order valence-corrected chi connectivity index (χ1v) is 10.6. The lowest BCUT2D eigenvalue weighted by Gasteiger charge is -2.59. The van der Waals surface area contributed by atoms with E-state index in [1.165, 1.54) is 12.5 Å². The molecule has 0 aliphatic heterocycles. The van der Waals surface area contributed by atoms with Crippen LogP contribution in [0.1, 0.15) is 79.1 Å². The number of hydrogen-bond donors (Lipinski definition) is 1. The number of rotatable bonds is 4. The van der Waals surface area contributed by atoms with Crippen molar-refractivity contribution >= 4 is 12.3 Å². The molecule has 3 saturated carbocycles. The van der Waals surface area contributed by atoms with Crippen molar-refractivity contribution in [3.05, 3.63) is 12.2 Å². The number of carbonyl (C=O) groups excluding carboxylic acids is 2. The molecule has 3 fully saturated rings. The lowest BCUT2D eigenvalue weighted by molar-refractivity contribution is -0.168. The number of allylic oxidation sites excluding steroid dienone is 1. The van der Waals surface area contributed by atoms with Crippen LogP contribution >= 0.6 is 0 Å². The summed E-state index contributed by atoms with van der Waals surface area (Å²) in [6.07, 6.45) is 7.41. The standard InChI is InChI=1S/C23H36O4/c1-15-6-11-23(5)20(26)19(8-12-22(15,23)4)21(3)10-7-18(27-16(2)25)14-17(21)9-13-24/h13,17-20,26H,1,6-12,14H2,2-5H3/t17-,18-,19-,20+,21-,22+,23-/m0/s1. The second-order valence-corrected chi connectivity index (χ2v) is 10.1. The van der Waals surface area contributed by atoms with Crippen molar-refractivity contribution < 1.29 is 19.4 Å². The molecular formula is C23H36O4. The zero-order valence-corrected chi connectivity index (χ0v) is 17.4. The molecule has 0 aromatic carbocycles. The van der Waals surface area contributed by atoms with Gasteiger partial charge in [0.05, 0.1) is 6.10 Å². The van der Waals surface area contributed by atoms with Crippen LogP contribution in [0.15, 0.2) is 12.2 Å². The fraction of sp³-hybridized carbons (Fsp3) is 0.826. The third-order valence-corrected chi connectivity index (χ3v) is 9.02. The minimum absolute atomic E-state index is 0.00831. The zero-order chi connectivity index (χ0) is 20.0. The fourth-order valence-corrected chi connectivity index (χ4v) is 6.73. The van der Waals surface area contributed by atoms with Crippen LogP contribution in [0, 0.1) is 28.1 Å². The molecule has 0 unspecified atom stereocenters. The van der Waals surface area contributed by atoms with E-state index in [0.29, 0.717) is 6.42 Å². The molecule has 0 heterocycles. The predicted octanol–water partition coefficient (Wildman–Crippen LogP) is 4.45. The van der Waals surface area contributed by atoms with E-state index in [2.05, 4.69) is 27.4 Å². The number of hydrogen-bond acceptors (Lipinski definition) is 4. The lowest BCUT2D eigenvalue weighted by Crippen LogP contribution is -2.57. The first-order chi connectivity index (χ1) is 12.6. The fourth-order valence-electron chi connectivity index (χ4n) is 6.73. The number of aldehydes is 1. The molecule has 152 valence electrons. The molecule has 4 heteroatoms. The van der Waals surface area contributed by atoms with Gasteiger partial charge in [0.15, 0.2) is 0 Å². The highest BCUT2D eigenvalue weighted by Crippen LogP contribution is 2.67. The summed E-state index contributed by atoms with van der Waals surface area (Å²) in [5.41, 5.74) is 1.05. The van der Waals surface area contributed by atoms with Crippen LogP contribution < -0.4 is 0 Å². The van der Waals surface area contributed by atoms with Gasteiger partial charge >= 0.3 is 5.97 Å². The van der Waals surface area contributed by atoms with Crippen molar-refractivity contribution in [3.63, 3.8) is 0 Å². The molecule has 0 radical (unpaired) electrons. The Morgan fingerprint density at radius 2 is 1.96 bits per heavy atom. The third kappa shape index (κ3) is 3.08. The van der Waals surface area contributed by atoms with Crippen molar-refractivity contribution in [1.29, 1.82) is 0 Å². The molecule has 3 aliphatic carbocycles. The molecule has 3 aliphatic rings. The molecular weight excluding hydrogens is 340 g/mol. The topological polar surface area (TPSA) is 63.6 Å². The molecule has 4 nitrogen and oxygen atoms in total. The van der Waals surface area contributed by atoms with Crippen molar-refractivity contribution in [2.45, 2.75) is 91.3 Å². The normalized spacial score (nSPS) is 47.4. The first-order valence-electron chi connectivity index (χ1n) is 10.6. The zero-order valence-electron chi connectivity index (χ0n) is 17.4. The van der Waals surface area contributed by atoms with E-state index in [9.17, 15) is 14.7 Å². The summed E-state index contributed by atoms with van der Waals surface area (Å²) in [5, 5.41) is 11.6. The SMILES string of the molecule is C=C1CC[C@@]2(C)[C@H](O)[C@@H]([C@@]3(C)CC[C@H](OC(C)=O)C[C@@H]3CC=O)CC[C@]12C. The Morgan fingerprint density at radius 3 is 2.59 bits per heavy atom. The van der Waals surface area contributed by atoms with Gasteiger partial charge in [-0.2, -0.15) is 0 Å². The van der Waals surface area contributed by atoms with Gasteiger partial charge in [-0.3, -0.25) is 4.79 Å². The Hall–Kier alpha value is -1.16. The van der Waals surface area contributed by atoms with E-state index >= 15 is 0 Å². The van der Waals surface area contributed by atoms with Crippen LogP contribution in [0.25, 0.3) is 0 Å². The number of esters is 1. The Balaban J connectivity index is 1.86. The summed E-state index contributed by atoms with van der Waals surface area (Å²) in [6, 6.07) is 0. The molecule has 0 amide bonds. The Morgan fingerprint density at radius 1 is 1.26 bits per heavy atom. The van der Waals surface area contributed by atoms with Crippen molar-refractivity contribution in [2.24, 2.45) is 28.1 Å². The highest BCUT2D eigenvalue weighted by Gasteiger charge is 2.62. The highest BCUT2D eigenvalue weighted by atomic mass is 16.5. The van der Waals surface area contributed by atoms with Crippen molar-refractivity contribution in [3.8, 4) is 0 Å². The minimum Gasteiger partial charge on any atom is -0.463 e. The minimum atomic E-state index is -0.389. The van der Waals surface area contributed by atoms with Crippen LogP contribution in [0.5, 0.6) is 0 Å². The molecule has 0 saturated heterocycles. The van der Waals surface area contributed by atoms with Gasteiger partial charge in [0.25, 0.3) is 0 Å². The molecule has 0 spiro atoms. The molecule has 7 atom stereocenters. The number of carbonyl (C=O) groups is 2. The van der Waals surface area contributed by atoms with E-state index in [-0.39, 0.29) is 46.3 Å². The molecule has 0 bridgehead atoms. The summed E-state index contributed by atoms with van der Waals surface area (Å²) in [7, 11) is 0. The maximum Gasteiger partial charge on any atom is 0.302 e. The maximum atomic E-state index is 11.6. The van der Waals surface area contributed by atoms with E-state index in [1.807, 2.05) is 0 Å². The van der Waals surface area contributed by atoms with Gasteiger partial charge in [-0.25, -0.2) is 0 Å². The van der Waals surface area contributed by atoms with Gasteiger partial charge in [-0.1, -0.05) is 32.9 Å². The average Bonchev–Trinajstić information content (AvgIpc) is 2.84. The van der Waals surface area contributed by atoms with Gasteiger partial charge in [0.2, 0.25) is 0 Å². The monoisotopic (exact) mass is 376 g/mol. The van der Waals surface area contributed by atoms with E-state index < -0.39 is 0 Å². The summed E-state index contributed by atoms with van der Waals surface area (Å²) in [6.45, 7) is 12.5. The molecule has 1 N–H and O–H groups in total. The summed E-state index contributed by atoms with van der Waals surface area (Å²) in [4.78, 5) is 22.8. The molecule has 0 aromatic heterocycles. The van der Waals surface area contributed by atoms with Crippen molar-refractivity contribution in [2.75, 3.05) is 0 Å².